The van der Waals surface area contributed by atoms with Crippen molar-refractivity contribution in [3.05, 3.63) is 11.6 Å². The molecule has 41 heavy (non-hydrogen) atoms. The van der Waals surface area contributed by atoms with Crippen molar-refractivity contribution >= 4 is 17.9 Å². The predicted octanol–water partition coefficient (Wildman–Crippen LogP) is 7.44. The summed E-state index contributed by atoms with van der Waals surface area (Å²) in [5, 5.41) is 0. The second-order valence-corrected chi connectivity index (χ2v) is 16.3. The molecule has 4 saturated carbocycles. The number of methoxy groups -OCH3 is 1. The zero-order chi connectivity index (χ0) is 30.2. The van der Waals surface area contributed by atoms with Gasteiger partial charge in [-0.15, -0.1) is 0 Å². The van der Waals surface area contributed by atoms with Gasteiger partial charge in [0.1, 0.15) is 12.7 Å². The fraction of sp³-hybridized carbons (Fsp3) is 0.857. The van der Waals surface area contributed by atoms with Gasteiger partial charge in [-0.3, -0.25) is 14.4 Å². The molecule has 0 N–H and O–H groups in total. The number of hydrogen-bond acceptors (Lipinski definition) is 6. The Balaban J connectivity index is 1.56. The number of ether oxygens (including phenoxy) is 3. The average Bonchev–Trinajstić information content (AvgIpc) is 2.89. The van der Waals surface area contributed by atoms with Gasteiger partial charge in [-0.25, -0.2) is 0 Å². The van der Waals surface area contributed by atoms with Crippen LogP contribution in [0.1, 0.15) is 120 Å². The number of carbonyl (C=O) groups is 3. The van der Waals surface area contributed by atoms with Crippen molar-refractivity contribution < 1.29 is 28.6 Å². The highest BCUT2D eigenvalue weighted by atomic mass is 16.6. The zero-order valence-corrected chi connectivity index (χ0v) is 27.1. The highest BCUT2D eigenvalue weighted by Crippen LogP contribution is 2.76. The van der Waals surface area contributed by atoms with Gasteiger partial charge in [0.25, 0.3) is 0 Å². The molecule has 0 amide bonds. The first-order valence-electron chi connectivity index (χ1n) is 16.1. The molecule has 0 heterocycles. The fourth-order valence-electron chi connectivity index (χ4n) is 11.5. The molecule has 6 nitrogen and oxygen atoms in total. The van der Waals surface area contributed by atoms with E-state index in [1.807, 2.05) is 0 Å². The largest absolute Gasteiger partial charge is 0.469 e. The van der Waals surface area contributed by atoms with Crippen molar-refractivity contribution in [1.82, 2.24) is 0 Å². The summed E-state index contributed by atoms with van der Waals surface area (Å²) in [7, 11) is 1.56. The highest BCUT2D eigenvalue weighted by molar-refractivity contribution is 5.78. The smallest absolute Gasteiger partial charge is 0.312 e. The van der Waals surface area contributed by atoms with Crippen LogP contribution in [0.3, 0.4) is 0 Å². The standard InChI is InChI=1S/C35H54O6/c1-22(36)40-21-32(6)26-12-15-34(8)27(31(26,5)14-13-28(32)41-23(2)37)11-10-24-25-20-30(3,4)16-18-35(25,29(38)39-9)19-17-33(24,34)7/h10,25-28H,11-21H2,1-9H3/t25-,26-,27+,28+,31-,32-,33+,34+,35-/m0/s1. The second kappa shape index (κ2) is 9.84. The molecular weight excluding hydrogens is 516 g/mol. The van der Waals surface area contributed by atoms with E-state index in [9.17, 15) is 14.4 Å². The summed E-state index contributed by atoms with van der Waals surface area (Å²) in [5.74, 6) is 0.404. The van der Waals surface area contributed by atoms with Crippen molar-refractivity contribution in [1.29, 1.82) is 0 Å². The molecule has 0 aromatic heterocycles. The molecule has 230 valence electrons. The van der Waals surface area contributed by atoms with E-state index in [1.165, 1.54) is 19.4 Å². The second-order valence-electron chi connectivity index (χ2n) is 16.3. The van der Waals surface area contributed by atoms with Crippen LogP contribution in [0.15, 0.2) is 11.6 Å². The first-order valence-corrected chi connectivity index (χ1v) is 16.1. The quantitative estimate of drug-likeness (QED) is 0.199. The Hall–Kier alpha value is -1.85. The van der Waals surface area contributed by atoms with Gasteiger partial charge in [0.2, 0.25) is 0 Å². The minimum Gasteiger partial charge on any atom is -0.469 e. The summed E-state index contributed by atoms with van der Waals surface area (Å²) in [6.45, 7) is 17.7. The number of rotatable bonds is 4. The van der Waals surface area contributed by atoms with E-state index < -0.39 is 10.8 Å². The van der Waals surface area contributed by atoms with E-state index in [1.54, 1.807) is 7.11 Å². The van der Waals surface area contributed by atoms with E-state index in [2.05, 4.69) is 47.6 Å². The fourth-order valence-corrected chi connectivity index (χ4v) is 11.5. The van der Waals surface area contributed by atoms with E-state index in [-0.39, 0.29) is 64.1 Å². The molecule has 0 unspecified atom stereocenters. The normalized spacial score (nSPS) is 46.4. The third-order valence-corrected chi connectivity index (χ3v) is 13.9. The Bertz CT molecular complexity index is 1140. The number of allylic oxidation sites excluding steroid dienone is 2. The molecule has 5 aliphatic carbocycles. The number of fused-ring (bicyclic) bond motifs is 7. The first-order chi connectivity index (χ1) is 19.0. The maximum atomic E-state index is 13.5. The Morgan fingerprint density at radius 2 is 1.54 bits per heavy atom. The van der Waals surface area contributed by atoms with Crippen molar-refractivity contribution in [2.75, 3.05) is 13.7 Å². The Labute approximate surface area is 247 Å². The average molecular weight is 571 g/mol. The van der Waals surface area contributed by atoms with Gasteiger partial charge in [-0.05, 0) is 104 Å². The van der Waals surface area contributed by atoms with Crippen molar-refractivity contribution in [3.63, 3.8) is 0 Å². The molecule has 0 aliphatic heterocycles. The highest BCUT2D eigenvalue weighted by Gasteiger charge is 2.70. The van der Waals surface area contributed by atoms with Crippen LogP contribution in [-0.4, -0.2) is 37.7 Å². The molecule has 5 rings (SSSR count). The van der Waals surface area contributed by atoms with Gasteiger partial charge < -0.3 is 14.2 Å². The topological polar surface area (TPSA) is 78.9 Å². The molecule has 4 fully saturated rings. The number of hydrogen-bond donors (Lipinski definition) is 0. The summed E-state index contributed by atoms with van der Waals surface area (Å²) in [4.78, 5) is 37.6. The molecule has 0 spiro atoms. The van der Waals surface area contributed by atoms with Crippen molar-refractivity contribution in [2.24, 2.45) is 50.2 Å². The van der Waals surface area contributed by atoms with Crippen LogP contribution in [0.5, 0.6) is 0 Å². The van der Waals surface area contributed by atoms with Crippen LogP contribution in [0.25, 0.3) is 0 Å². The van der Waals surface area contributed by atoms with Crippen molar-refractivity contribution in [2.45, 2.75) is 126 Å². The Morgan fingerprint density at radius 3 is 2.17 bits per heavy atom. The summed E-state index contributed by atoms with van der Waals surface area (Å²) < 4.78 is 17.1. The maximum absolute atomic E-state index is 13.5. The summed E-state index contributed by atoms with van der Waals surface area (Å²) in [6, 6.07) is 0. The maximum Gasteiger partial charge on any atom is 0.312 e. The molecule has 9 atom stereocenters. The van der Waals surface area contributed by atoms with Gasteiger partial charge in [0.05, 0.1) is 12.5 Å². The third-order valence-electron chi connectivity index (χ3n) is 13.9. The lowest BCUT2D eigenvalue weighted by atomic mass is 9.33. The van der Waals surface area contributed by atoms with Gasteiger partial charge in [-0.1, -0.05) is 53.2 Å². The lowest BCUT2D eigenvalue weighted by Gasteiger charge is -2.71. The Kier molecular flexibility index (Phi) is 7.34. The number of esters is 3. The van der Waals surface area contributed by atoms with Crippen molar-refractivity contribution in [3.8, 4) is 0 Å². The molecule has 0 radical (unpaired) electrons. The Morgan fingerprint density at radius 1 is 0.854 bits per heavy atom. The van der Waals surface area contributed by atoms with E-state index in [0.717, 1.165) is 64.2 Å². The zero-order valence-electron chi connectivity index (χ0n) is 27.1. The van der Waals surface area contributed by atoms with Gasteiger partial charge in [0.15, 0.2) is 0 Å². The molecule has 6 heteroatoms. The van der Waals surface area contributed by atoms with Crippen LogP contribution < -0.4 is 0 Å². The molecule has 0 saturated heterocycles. The monoisotopic (exact) mass is 570 g/mol. The molecule has 0 aromatic rings. The van der Waals surface area contributed by atoms with Crippen LogP contribution in [0.4, 0.5) is 0 Å². The van der Waals surface area contributed by atoms with E-state index in [4.69, 9.17) is 14.2 Å². The summed E-state index contributed by atoms with van der Waals surface area (Å²) in [5.41, 5.74) is 1.02. The predicted molar refractivity (Wildman–Crippen MR) is 158 cm³/mol. The lowest BCUT2D eigenvalue weighted by Crippen LogP contribution is -2.66. The van der Waals surface area contributed by atoms with Crippen LogP contribution in [0.2, 0.25) is 0 Å². The lowest BCUT2D eigenvalue weighted by molar-refractivity contribution is -0.226. The minimum absolute atomic E-state index is 0.00562. The van der Waals surface area contributed by atoms with Crippen LogP contribution in [-0.2, 0) is 28.6 Å². The van der Waals surface area contributed by atoms with Gasteiger partial charge >= 0.3 is 17.9 Å². The first kappa shape index (κ1) is 30.6. The van der Waals surface area contributed by atoms with E-state index >= 15 is 0 Å². The minimum atomic E-state index is -0.434. The molecule has 0 bridgehead atoms. The van der Waals surface area contributed by atoms with E-state index in [0.29, 0.717) is 5.92 Å². The molecule has 0 aromatic carbocycles. The summed E-state index contributed by atoms with van der Waals surface area (Å²) in [6.07, 6.45) is 12.1. The van der Waals surface area contributed by atoms with Gasteiger partial charge in [0, 0.05) is 19.3 Å². The SMILES string of the molecule is COC(=O)[C@]12CCC(C)(C)C[C@H]1C1=CC[C@@H]3[C@@]4(C)CC[C@@H](OC(C)=O)[C@@](C)(COC(C)=O)[C@H]4CC[C@@]3(C)[C@]1(C)CC2. The third kappa shape index (κ3) is 4.34. The number of carbonyl (C=O) groups excluding carboxylic acids is 3. The molecular formula is C35H54O6. The van der Waals surface area contributed by atoms with Crippen LogP contribution >= 0.6 is 0 Å². The molecule has 5 aliphatic rings. The van der Waals surface area contributed by atoms with Crippen LogP contribution in [0, 0.1) is 50.2 Å². The summed E-state index contributed by atoms with van der Waals surface area (Å²) >= 11 is 0. The van der Waals surface area contributed by atoms with Gasteiger partial charge in [-0.2, -0.15) is 0 Å².